The Hall–Kier alpha value is -1.85. The topological polar surface area (TPSA) is 67.4 Å². The van der Waals surface area contributed by atoms with Crippen LogP contribution >= 0.6 is 11.6 Å². The van der Waals surface area contributed by atoms with E-state index >= 15 is 0 Å². The zero-order valence-electron chi connectivity index (χ0n) is 12.2. The summed E-state index contributed by atoms with van der Waals surface area (Å²) in [4.78, 5) is 23.9. The Morgan fingerprint density at radius 3 is 2.50 bits per heavy atom. The molecule has 6 heteroatoms. The summed E-state index contributed by atoms with van der Waals surface area (Å²) in [5.74, 6) is -0.681. The molecule has 1 aliphatic rings. The van der Waals surface area contributed by atoms with E-state index in [1.807, 2.05) is 12.1 Å². The lowest BCUT2D eigenvalue weighted by Gasteiger charge is -2.21. The maximum Gasteiger partial charge on any atom is 0.267 e. The quantitative estimate of drug-likeness (QED) is 0.815. The van der Waals surface area contributed by atoms with Gasteiger partial charge in [-0.05, 0) is 30.5 Å². The van der Waals surface area contributed by atoms with Gasteiger partial charge in [0.15, 0.2) is 0 Å². The Labute approximate surface area is 134 Å². The molecule has 1 saturated heterocycles. The van der Waals surface area contributed by atoms with Crippen molar-refractivity contribution in [1.82, 2.24) is 10.6 Å². The fraction of sp³-hybridized carbons (Fsp3) is 0.375. The molecule has 118 valence electrons. The Balaban J connectivity index is 1.77. The molecule has 0 saturated carbocycles. The SMILES string of the molecule is C=C(NC(=O)C1CCOCC1)C(=O)NCc1ccc(Cl)cc1. The van der Waals surface area contributed by atoms with Crippen LogP contribution in [0.1, 0.15) is 18.4 Å². The predicted molar refractivity (Wildman–Crippen MR) is 84.1 cm³/mol. The number of nitrogens with one attached hydrogen (secondary N) is 2. The van der Waals surface area contributed by atoms with Gasteiger partial charge in [-0.1, -0.05) is 30.3 Å². The fourth-order valence-corrected chi connectivity index (χ4v) is 2.28. The molecule has 1 fully saturated rings. The fourth-order valence-electron chi connectivity index (χ4n) is 2.16. The number of amides is 2. The minimum absolute atomic E-state index is 0.0606. The third kappa shape index (κ3) is 4.86. The number of hydrogen-bond acceptors (Lipinski definition) is 3. The highest BCUT2D eigenvalue weighted by Gasteiger charge is 2.23. The van der Waals surface area contributed by atoms with Crippen molar-refractivity contribution in [3.63, 3.8) is 0 Å². The minimum atomic E-state index is -0.393. The van der Waals surface area contributed by atoms with Gasteiger partial charge in [0.1, 0.15) is 0 Å². The third-order valence-corrected chi connectivity index (χ3v) is 3.76. The maximum absolute atomic E-state index is 12.0. The molecule has 0 atom stereocenters. The van der Waals surface area contributed by atoms with Crippen LogP contribution in [0.2, 0.25) is 5.02 Å². The molecule has 0 radical (unpaired) electrons. The first kappa shape index (κ1) is 16.5. The van der Waals surface area contributed by atoms with E-state index in [1.54, 1.807) is 12.1 Å². The second-order valence-corrected chi connectivity index (χ2v) is 5.60. The van der Waals surface area contributed by atoms with Crippen molar-refractivity contribution in [3.05, 3.63) is 47.1 Å². The summed E-state index contributed by atoms with van der Waals surface area (Å²) in [7, 11) is 0. The van der Waals surface area contributed by atoms with Gasteiger partial charge in [-0.15, -0.1) is 0 Å². The molecular weight excluding hydrogens is 304 g/mol. The zero-order chi connectivity index (χ0) is 15.9. The van der Waals surface area contributed by atoms with Gasteiger partial charge < -0.3 is 15.4 Å². The number of ether oxygens (including phenoxy) is 1. The van der Waals surface area contributed by atoms with E-state index in [0.29, 0.717) is 37.6 Å². The van der Waals surface area contributed by atoms with Crippen LogP contribution in [0.4, 0.5) is 0 Å². The van der Waals surface area contributed by atoms with E-state index in [2.05, 4.69) is 17.2 Å². The molecule has 0 aliphatic carbocycles. The van der Waals surface area contributed by atoms with E-state index in [4.69, 9.17) is 16.3 Å². The largest absolute Gasteiger partial charge is 0.381 e. The van der Waals surface area contributed by atoms with Crippen molar-refractivity contribution in [2.24, 2.45) is 5.92 Å². The molecule has 22 heavy (non-hydrogen) atoms. The second kappa shape index (κ2) is 7.96. The third-order valence-electron chi connectivity index (χ3n) is 3.51. The molecule has 1 heterocycles. The van der Waals surface area contributed by atoms with Crippen LogP contribution in [0.15, 0.2) is 36.5 Å². The zero-order valence-corrected chi connectivity index (χ0v) is 13.0. The van der Waals surface area contributed by atoms with Crippen molar-refractivity contribution in [3.8, 4) is 0 Å². The summed E-state index contributed by atoms with van der Waals surface area (Å²) in [5, 5.41) is 5.92. The van der Waals surface area contributed by atoms with Crippen molar-refractivity contribution in [2.75, 3.05) is 13.2 Å². The molecule has 1 aromatic rings. The van der Waals surface area contributed by atoms with Crippen molar-refractivity contribution in [1.29, 1.82) is 0 Å². The van der Waals surface area contributed by atoms with Gasteiger partial charge in [-0.25, -0.2) is 0 Å². The lowest BCUT2D eigenvalue weighted by molar-refractivity contribution is -0.128. The van der Waals surface area contributed by atoms with Gasteiger partial charge in [0.05, 0.1) is 5.70 Å². The van der Waals surface area contributed by atoms with E-state index in [-0.39, 0.29) is 17.5 Å². The molecule has 0 aromatic heterocycles. The van der Waals surface area contributed by atoms with E-state index in [1.165, 1.54) is 0 Å². The lowest BCUT2D eigenvalue weighted by Crippen LogP contribution is -2.38. The molecule has 0 spiro atoms. The summed E-state index contributed by atoms with van der Waals surface area (Å²) in [6.45, 7) is 5.12. The summed E-state index contributed by atoms with van der Waals surface area (Å²) >= 11 is 5.80. The van der Waals surface area contributed by atoms with Crippen LogP contribution in [0, 0.1) is 5.92 Å². The number of hydrogen-bond donors (Lipinski definition) is 2. The highest BCUT2D eigenvalue weighted by molar-refractivity contribution is 6.30. The number of halogens is 1. The maximum atomic E-state index is 12.0. The van der Waals surface area contributed by atoms with Crippen molar-refractivity contribution in [2.45, 2.75) is 19.4 Å². The smallest absolute Gasteiger partial charge is 0.267 e. The Morgan fingerprint density at radius 2 is 1.86 bits per heavy atom. The molecule has 5 nitrogen and oxygen atoms in total. The predicted octanol–water partition coefficient (Wildman–Crippen LogP) is 2.01. The van der Waals surface area contributed by atoms with E-state index in [0.717, 1.165) is 5.56 Å². The summed E-state index contributed by atoms with van der Waals surface area (Å²) in [5.41, 5.74) is 0.978. The van der Waals surface area contributed by atoms with Gasteiger partial charge in [-0.2, -0.15) is 0 Å². The number of rotatable bonds is 5. The van der Waals surface area contributed by atoms with Crippen molar-refractivity contribution >= 4 is 23.4 Å². The van der Waals surface area contributed by atoms with Gasteiger partial charge in [0, 0.05) is 30.7 Å². The molecular formula is C16H19ClN2O3. The normalized spacial score (nSPS) is 15.1. The molecule has 0 bridgehead atoms. The molecule has 1 aliphatic heterocycles. The van der Waals surface area contributed by atoms with E-state index in [9.17, 15) is 9.59 Å². The van der Waals surface area contributed by atoms with Crippen LogP contribution in [0.5, 0.6) is 0 Å². The van der Waals surface area contributed by atoms with Gasteiger partial charge in [0.2, 0.25) is 5.91 Å². The molecule has 2 N–H and O–H groups in total. The first-order valence-corrected chi connectivity index (χ1v) is 7.54. The number of carbonyl (C=O) groups excluding carboxylic acids is 2. The Kier molecular flexibility index (Phi) is 5.98. The summed E-state index contributed by atoms with van der Waals surface area (Å²) < 4.78 is 5.21. The van der Waals surface area contributed by atoms with Crippen LogP contribution in [-0.4, -0.2) is 25.0 Å². The highest BCUT2D eigenvalue weighted by Crippen LogP contribution is 2.15. The average molecular weight is 323 g/mol. The lowest BCUT2D eigenvalue weighted by atomic mass is 9.99. The van der Waals surface area contributed by atoms with Crippen LogP contribution in [0.25, 0.3) is 0 Å². The van der Waals surface area contributed by atoms with Gasteiger partial charge in [-0.3, -0.25) is 9.59 Å². The van der Waals surface area contributed by atoms with Crippen LogP contribution in [-0.2, 0) is 20.9 Å². The average Bonchev–Trinajstić information content (AvgIpc) is 2.54. The van der Waals surface area contributed by atoms with Crippen LogP contribution in [0.3, 0.4) is 0 Å². The minimum Gasteiger partial charge on any atom is -0.381 e. The van der Waals surface area contributed by atoms with Gasteiger partial charge in [0.25, 0.3) is 5.91 Å². The van der Waals surface area contributed by atoms with Crippen molar-refractivity contribution < 1.29 is 14.3 Å². The second-order valence-electron chi connectivity index (χ2n) is 5.16. The Morgan fingerprint density at radius 1 is 1.23 bits per heavy atom. The molecule has 0 unspecified atom stereocenters. The molecule has 1 aromatic carbocycles. The monoisotopic (exact) mass is 322 g/mol. The highest BCUT2D eigenvalue weighted by atomic mass is 35.5. The molecule has 2 amide bonds. The first-order chi connectivity index (χ1) is 10.6. The summed E-state index contributed by atoms with van der Waals surface area (Å²) in [6, 6.07) is 7.16. The number of carbonyl (C=O) groups is 2. The standard InChI is InChI=1S/C16H19ClN2O3/c1-11(19-16(21)13-6-8-22-9-7-13)15(20)18-10-12-2-4-14(17)5-3-12/h2-5,13H,1,6-10H2,(H,18,20)(H,19,21). The number of benzene rings is 1. The first-order valence-electron chi connectivity index (χ1n) is 7.16. The Bertz CT molecular complexity index is 551. The molecule has 2 rings (SSSR count). The van der Waals surface area contributed by atoms with E-state index < -0.39 is 5.91 Å². The summed E-state index contributed by atoms with van der Waals surface area (Å²) in [6.07, 6.45) is 1.34. The van der Waals surface area contributed by atoms with Crippen LogP contribution < -0.4 is 10.6 Å². The van der Waals surface area contributed by atoms with Gasteiger partial charge >= 0.3 is 0 Å².